The molecule has 0 saturated heterocycles. The van der Waals surface area contributed by atoms with E-state index in [0.29, 0.717) is 5.95 Å². The van der Waals surface area contributed by atoms with Crippen molar-refractivity contribution in [2.24, 2.45) is 0 Å². The van der Waals surface area contributed by atoms with Crippen LogP contribution in [0.15, 0.2) is 182 Å². The first-order valence-corrected chi connectivity index (χ1v) is 19.3. The van der Waals surface area contributed by atoms with E-state index in [1.54, 1.807) is 0 Å². The monoisotopic (exact) mass is 726 g/mol. The Hall–Kier alpha value is -7.76. The van der Waals surface area contributed by atoms with Gasteiger partial charge in [-0.1, -0.05) is 103 Å². The van der Waals surface area contributed by atoms with Gasteiger partial charge in [0, 0.05) is 32.8 Å². The lowest BCUT2D eigenvalue weighted by atomic mass is 10.00. The van der Waals surface area contributed by atoms with Gasteiger partial charge in [-0.15, -0.1) is 0 Å². The second kappa shape index (κ2) is 11.4. The first kappa shape index (κ1) is 30.6. The Bertz CT molecular complexity index is 3690. The Labute approximate surface area is 326 Å². The Morgan fingerprint density at radius 2 is 1.02 bits per heavy atom. The van der Waals surface area contributed by atoms with Gasteiger partial charge in [-0.2, -0.15) is 0 Å². The van der Waals surface area contributed by atoms with Gasteiger partial charge in [0.25, 0.3) is 0 Å². The molecule has 0 fully saturated rings. The Morgan fingerprint density at radius 1 is 0.386 bits per heavy atom. The average molecular weight is 727 g/mol. The van der Waals surface area contributed by atoms with Gasteiger partial charge < -0.3 is 9.30 Å². The van der Waals surface area contributed by atoms with E-state index in [4.69, 9.17) is 14.7 Å². The fourth-order valence-electron chi connectivity index (χ4n) is 9.24. The molecule has 5 heteroatoms. The average Bonchev–Trinajstić information content (AvgIpc) is 3.77. The number of benzene rings is 9. The molecule has 0 spiro atoms. The van der Waals surface area contributed by atoms with Crippen molar-refractivity contribution in [3.8, 4) is 45.5 Å². The molecule has 57 heavy (non-hydrogen) atoms. The molecule has 12 aromatic rings. The zero-order chi connectivity index (χ0) is 37.2. The number of hydrogen-bond donors (Lipinski definition) is 0. The zero-order valence-corrected chi connectivity index (χ0v) is 30.5. The number of ether oxygens (including phenoxy) is 1. The van der Waals surface area contributed by atoms with Gasteiger partial charge in [-0.25, -0.2) is 9.97 Å². The Kier molecular flexibility index (Phi) is 6.10. The molecule has 0 bridgehead atoms. The maximum atomic E-state index is 6.30. The molecular formula is C52H30N4O. The normalized spacial score (nSPS) is 12.4. The molecule has 264 valence electrons. The molecule has 13 rings (SSSR count). The lowest BCUT2D eigenvalue weighted by Gasteiger charge is -2.20. The van der Waals surface area contributed by atoms with Crippen molar-refractivity contribution in [1.29, 1.82) is 0 Å². The standard InChI is InChI=1S/C52H30N4O/c1-2-11-32-26-37(23-20-31(32)10-1)55-45-24-21-36(29-41(45)42-27-33-12-3-4-13-34(33)30-47(42)55)35-22-25-46-40(28-35)38-14-5-7-17-44(38)56(46)52-53-43-16-9-19-49-50(43)51(54-52)39-15-6-8-18-48(39)57-49/h1-30H. The Morgan fingerprint density at radius 3 is 1.86 bits per heavy atom. The smallest absolute Gasteiger partial charge is 0.235 e. The molecule has 0 saturated carbocycles. The van der Waals surface area contributed by atoms with E-state index < -0.39 is 0 Å². The summed E-state index contributed by atoms with van der Waals surface area (Å²) in [6, 6.07) is 65.2. The van der Waals surface area contributed by atoms with Crippen LogP contribution in [-0.4, -0.2) is 19.1 Å². The number of para-hydroxylation sites is 2. The fraction of sp³-hybridized carbons (Fsp3) is 0. The zero-order valence-electron chi connectivity index (χ0n) is 30.5. The summed E-state index contributed by atoms with van der Waals surface area (Å²) in [5.41, 5.74) is 10.7. The summed E-state index contributed by atoms with van der Waals surface area (Å²) in [6.45, 7) is 0. The van der Waals surface area contributed by atoms with Crippen LogP contribution in [0.3, 0.4) is 0 Å². The minimum absolute atomic E-state index is 0.639. The molecular weight excluding hydrogens is 697 g/mol. The van der Waals surface area contributed by atoms with Crippen LogP contribution in [0.5, 0.6) is 11.5 Å². The third-order valence-corrected chi connectivity index (χ3v) is 11.9. The van der Waals surface area contributed by atoms with E-state index in [1.165, 1.54) is 48.9 Å². The van der Waals surface area contributed by atoms with E-state index in [1.807, 2.05) is 36.4 Å². The molecule has 0 N–H and O–H groups in total. The molecule has 0 unspecified atom stereocenters. The highest BCUT2D eigenvalue weighted by Gasteiger charge is 2.25. The van der Waals surface area contributed by atoms with Crippen LogP contribution >= 0.6 is 0 Å². The third-order valence-electron chi connectivity index (χ3n) is 11.9. The number of aromatic nitrogens is 4. The molecule has 5 nitrogen and oxygen atoms in total. The van der Waals surface area contributed by atoms with Crippen molar-refractivity contribution in [1.82, 2.24) is 19.1 Å². The van der Waals surface area contributed by atoms with Crippen LogP contribution in [0.25, 0.3) is 110 Å². The quantitative estimate of drug-likeness (QED) is 0.182. The molecule has 0 atom stereocenters. The predicted molar refractivity (Wildman–Crippen MR) is 234 cm³/mol. The maximum absolute atomic E-state index is 6.30. The SMILES string of the molecule is c1ccc2c(c1)Oc1cccc3nc(-n4c5ccccc5c5cc(-c6ccc7c(c6)c6cc8ccccc8cc6n7-c6ccc7ccccc7c6)ccc54)nc-2c13. The summed E-state index contributed by atoms with van der Waals surface area (Å²) < 4.78 is 10.9. The number of fused-ring (bicyclic) bond motifs is 10. The second-order valence-corrected chi connectivity index (χ2v) is 15.0. The van der Waals surface area contributed by atoms with Crippen LogP contribution in [0.2, 0.25) is 0 Å². The summed E-state index contributed by atoms with van der Waals surface area (Å²) in [5, 5.41) is 10.7. The highest BCUT2D eigenvalue weighted by molar-refractivity contribution is 6.15. The van der Waals surface area contributed by atoms with Gasteiger partial charge >= 0.3 is 0 Å². The highest BCUT2D eigenvalue weighted by atomic mass is 16.5. The van der Waals surface area contributed by atoms with E-state index in [0.717, 1.165) is 66.7 Å². The third kappa shape index (κ3) is 4.39. The van der Waals surface area contributed by atoms with Gasteiger partial charge in [-0.05, 0) is 112 Å². The summed E-state index contributed by atoms with van der Waals surface area (Å²) in [5.74, 6) is 2.23. The minimum atomic E-state index is 0.639. The molecule has 0 radical (unpaired) electrons. The van der Waals surface area contributed by atoms with E-state index in [-0.39, 0.29) is 0 Å². The van der Waals surface area contributed by atoms with Gasteiger partial charge in [-0.3, -0.25) is 4.57 Å². The van der Waals surface area contributed by atoms with Crippen molar-refractivity contribution < 1.29 is 4.74 Å². The Balaban J connectivity index is 1.02. The first-order chi connectivity index (χ1) is 28.2. The highest BCUT2D eigenvalue weighted by Crippen LogP contribution is 2.46. The lowest BCUT2D eigenvalue weighted by molar-refractivity contribution is 0.486. The van der Waals surface area contributed by atoms with E-state index in [9.17, 15) is 0 Å². The van der Waals surface area contributed by atoms with Gasteiger partial charge in [0.1, 0.15) is 11.5 Å². The van der Waals surface area contributed by atoms with Crippen LogP contribution in [0.1, 0.15) is 0 Å². The van der Waals surface area contributed by atoms with Crippen molar-refractivity contribution in [2.45, 2.75) is 0 Å². The minimum Gasteiger partial charge on any atom is -0.456 e. The number of rotatable bonds is 3. The van der Waals surface area contributed by atoms with Crippen LogP contribution in [0, 0.1) is 0 Å². The molecule has 9 aromatic carbocycles. The van der Waals surface area contributed by atoms with Gasteiger partial charge in [0.05, 0.1) is 38.7 Å². The van der Waals surface area contributed by atoms with Crippen molar-refractivity contribution in [3.63, 3.8) is 0 Å². The summed E-state index contributed by atoms with van der Waals surface area (Å²) >= 11 is 0. The van der Waals surface area contributed by atoms with E-state index >= 15 is 0 Å². The summed E-state index contributed by atoms with van der Waals surface area (Å²) in [6.07, 6.45) is 0. The number of hydrogen-bond acceptors (Lipinski definition) is 3. The maximum Gasteiger partial charge on any atom is 0.235 e. The van der Waals surface area contributed by atoms with Crippen LogP contribution in [0.4, 0.5) is 0 Å². The predicted octanol–water partition coefficient (Wildman–Crippen LogP) is 13.6. The van der Waals surface area contributed by atoms with E-state index in [2.05, 4.69) is 155 Å². The van der Waals surface area contributed by atoms with Crippen LogP contribution in [-0.2, 0) is 0 Å². The summed E-state index contributed by atoms with van der Waals surface area (Å²) in [4.78, 5) is 10.5. The van der Waals surface area contributed by atoms with Crippen LogP contribution < -0.4 is 4.74 Å². The second-order valence-electron chi connectivity index (χ2n) is 15.0. The first-order valence-electron chi connectivity index (χ1n) is 19.3. The van der Waals surface area contributed by atoms with Crippen molar-refractivity contribution >= 4 is 76.1 Å². The molecule has 0 amide bonds. The summed E-state index contributed by atoms with van der Waals surface area (Å²) in [7, 11) is 0. The fourth-order valence-corrected chi connectivity index (χ4v) is 9.24. The van der Waals surface area contributed by atoms with Crippen molar-refractivity contribution in [2.75, 3.05) is 0 Å². The van der Waals surface area contributed by atoms with Gasteiger partial charge in [0.2, 0.25) is 5.95 Å². The molecule has 4 heterocycles. The molecule has 0 aliphatic carbocycles. The van der Waals surface area contributed by atoms with Crippen molar-refractivity contribution in [3.05, 3.63) is 182 Å². The largest absolute Gasteiger partial charge is 0.456 e. The van der Waals surface area contributed by atoms with Gasteiger partial charge in [0.15, 0.2) is 0 Å². The number of nitrogens with zero attached hydrogens (tertiary/aromatic N) is 4. The molecule has 1 aliphatic rings. The molecule has 3 aromatic heterocycles. The lowest BCUT2D eigenvalue weighted by Crippen LogP contribution is -2.06. The molecule has 1 aliphatic heterocycles. The topological polar surface area (TPSA) is 44.9 Å².